The quantitative estimate of drug-likeness (QED) is 0.745. The van der Waals surface area contributed by atoms with E-state index in [9.17, 15) is 4.79 Å². The predicted octanol–water partition coefficient (Wildman–Crippen LogP) is 1.96. The second kappa shape index (κ2) is 4.33. The average Bonchev–Trinajstić information content (AvgIpc) is 2.29. The van der Waals surface area contributed by atoms with Crippen LogP contribution in [0.15, 0.2) is 29.1 Å². The predicted molar refractivity (Wildman–Crippen MR) is 61.2 cm³/mol. The van der Waals surface area contributed by atoms with Crippen LogP contribution in [0.25, 0.3) is 10.9 Å². The van der Waals surface area contributed by atoms with Gasteiger partial charge in [-0.1, -0.05) is 12.1 Å². The molecule has 0 atom stereocenters. The van der Waals surface area contributed by atoms with Crippen molar-refractivity contribution in [1.82, 2.24) is 9.55 Å². The topological polar surface area (TPSA) is 58.7 Å². The molecular formula is C11H8ClN3O. The van der Waals surface area contributed by atoms with Crippen molar-refractivity contribution in [3.05, 3.63) is 39.9 Å². The highest BCUT2D eigenvalue weighted by atomic mass is 35.5. The molecule has 0 saturated heterocycles. The van der Waals surface area contributed by atoms with Crippen LogP contribution < -0.4 is 5.56 Å². The number of benzene rings is 1. The van der Waals surface area contributed by atoms with E-state index in [1.54, 1.807) is 24.3 Å². The lowest BCUT2D eigenvalue weighted by Gasteiger charge is -2.06. The highest BCUT2D eigenvalue weighted by Crippen LogP contribution is 2.11. The van der Waals surface area contributed by atoms with E-state index in [1.165, 1.54) is 4.57 Å². The van der Waals surface area contributed by atoms with Gasteiger partial charge in [0.2, 0.25) is 5.28 Å². The Bertz CT molecular complexity index is 627. The standard InChI is InChI=1S/C11H8ClN3O/c12-11-14-9-5-2-1-4-8(9)10(16)15(11)7-3-6-13/h1-2,4-5H,3,7H2. The number of aromatic nitrogens is 2. The molecule has 0 aliphatic heterocycles. The number of nitrogens with zero attached hydrogens (tertiary/aromatic N) is 3. The largest absolute Gasteiger partial charge is 0.282 e. The number of fused-ring (bicyclic) bond motifs is 1. The summed E-state index contributed by atoms with van der Waals surface area (Å²) < 4.78 is 1.31. The van der Waals surface area contributed by atoms with Gasteiger partial charge in [-0.3, -0.25) is 9.36 Å². The fourth-order valence-corrected chi connectivity index (χ4v) is 1.75. The van der Waals surface area contributed by atoms with Crippen molar-refractivity contribution in [2.75, 3.05) is 0 Å². The highest BCUT2D eigenvalue weighted by molar-refractivity contribution is 6.28. The van der Waals surface area contributed by atoms with Crippen molar-refractivity contribution < 1.29 is 0 Å². The van der Waals surface area contributed by atoms with E-state index >= 15 is 0 Å². The van der Waals surface area contributed by atoms with Crippen LogP contribution in [-0.4, -0.2) is 9.55 Å². The number of nitriles is 1. The zero-order chi connectivity index (χ0) is 11.5. The van der Waals surface area contributed by atoms with Crippen LogP contribution in [0.5, 0.6) is 0 Å². The highest BCUT2D eigenvalue weighted by Gasteiger charge is 2.07. The van der Waals surface area contributed by atoms with Gasteiger partial charge in [0.1, 0.15) is 0 Å². The molecule has 0 aliphatic rings. The fourth-order valence-electron chi connectivity index (χ4n) is 1.50. The maximum absolute atomic E-state index is 12.0. The third kappa shape index (κ3) is 1.77. The Morgan fingerprint density at radius 1 is 1.44 bits per heavy atom. The monoisotopic (exact) mass is 233 g/mol. The van der Waals surface area contributed by atoms with Crippen molar-refractivity contribution >= 4 is 22.5 Å². The molecule has 0 amide bonds. The van der Waals surface area contributed by atoms with Crippen LogP contribution in [0.2, 0.25) is 5.28 Å². The molecule has 0 bridgehead atoms. The fraction of sp³-hybridized carbons (Fsp3) is 0.182. The van der Waals surface area contributed by atoms with E-state index in [0.29, 0.717) is 10.9 Å². The second-order valence-electron chi connectivity index (χ2n) is 3.26. The Labute approximate surface area is 96.7 Å². The van der Waals surface area contributed by atoms with Crippen LogP contribution in [-0.2, 0) is 6.54 Å². The van der Waals surface area contributed by atoms with Crippen molar-refractivity contribution in [2.45, 2.75) is 13.0 Å². The van der Waals surface area contributed by atoms with Gasteiger partial charge in [0.05, 0.1) is 23.4 Å². The minimum Gasteiger partial charge on any atom is -0.282 e. The number of halogens is 1. The number of hydrogen-bond donors (Lipinski definition) is 0. The molecule has 0 aliphatic carbocycles. The molecule has 1 heterocycles. The molecule has 1 aromatic carbocycles. The van der Waals surface area contributed by atoms with Crippen LogP contribution in [0.4, 0.5) is 0 Å². The molecule has 0 spiro atoms. The first-order chi connectivity index (χ1) is 7.74. The molecule has 80 valence electrons. The van der Waals surface area contributed by atoms with E-state index in [0.717, 1.165) is 0 Å². The van der Waals surface area contributed by atoms with E-state index in [1.807, 2.05) is 6.07 Å². The smallest absolute Gasteiger partial charge is 0.262 e. The van der Waals surface area contributed by atoms with Gasteiger partial charge in [0.15, 0.2) is 0 Å². The Hall–Kier alpha value is -1.86. The Kier molecular flexibility index (Phi) is 2.88. The minimum atomic E-state index is -0.203. The summed E-state index contributed by atoms with van der Waals surface area (Å²) in [5.41, 5.74) is 0.372. The molecule has 0 unspecified atom stereocenters. The second-order valence-corrected chi connectivity index (χ2v) is 3.60. The van der Waals surface area contributed by atoms with E-state index in [4.69, 9.17) is 16.9 Å². The molecule has 2 aromatic rings. The summed E-state index contributed by atoms with van der Waals surface area (Å²) in [7, 11) is 0. The lowest BCUT2D eigenvalue weighted by molar-refractivity contribution is 0.679. The molecule has 5 heteroatoms. The summed E-state index contributed by atoms with van der Waals surface area (Å²) in [6.07, 6.45) is 0.236. The van der Waals surface area contributed by atoms with Gasteiger partial charge in [0, 0.05) is 6.54 Å². The SMILES string of the molecule is N#CCCn1c(Cl)nc2ccccc2c1=O. The molecule has 4 nitrogen and oxygen atoms in total. The van der Waals surface area contributed by atoms with Gasteiger partial charge in [0.25, 0.3) is 5.56 Å². The first-order valence-electron chi connectivity index (χ1n) is 4.76. The molecule has 1 aromatic heterocycles. The first-order valence-corrected chi connectivity index (χ1v) is 5.14. The maximum atomic E-state index is 12.0. The van der Waals surface area contributed by atoms with Crippen LogP contribution in [0, 0.1) is 11.3 Å². The summed E-state index contributed by atoms with van der Waals surface area (Å²) in [6.45, 7) is 0.270. The molecule has 0 saturated carbocycles. The molecule has 16 heavy (non-hydrogen) atoms. The van der Waals surface area contributed by atoms with Crippen molar-refractivity contribution in [3.8, 4) is 6.07 Å². The molecule has 0 fully saturated rings. The van der Waals surface area contributed by atoms with Crippen LogP contribution in [0.1, 0.15) is 6.42 Å². The summed E-state index contributed by atoms with van der Waals surface area (Å²) in [4.78, 5) is 16.1. The zero-order valence-corrected chi connectivity index (χ0v) is 9.11. The van der Waals surface area contributed by atoms with Gasteiger partial charge in [-0.2, -0.15) is 5.26 Å². The lowest BCUT2D eigenvalue weighted by atomic mass is 10.2. The molecule has 0 N–H and O–H groups in total. The van der Waals surface area contributed by atoms with Gasteiger partial charge < -0.3 is 0 Å². The lowest BCUT2D eigenvalue weighted by Crippen LogP contribution is -2.22. The Morgan fingerprint density at radius 2 is 2.19 bits per heavy atom. The number of hydrogen-bond acceptors (Lipinski definition) is 3. The molecule has 2 rings (SSSR count). The first kappa shape index (κ1) is 10.7. The van der Waals surface area contributed by atoms with E-state index in [-0.39, 0.29) is 23.8 Å². The maximum Gasteiger partial charge on any atom is 0.262 e. The van der Waals surface area contributed by atoms with Crippen molar-refractivity contribution in [3.63, 3.8) is 0 Å². The van der Waals surface area contributed by atoms with Gasteiger partial charge in [-0.05, 0) is 23.7 Å². The number of para-hydroxylation sites is 1. The van der Waals surface area contributed by atoms with E-state index < -0.39 is 0 Å². The van der Waals surface area contributed by atoms with Crippen molar-refractivity contribution in [2.24, 2.45) is 0 Å². The summed E-state index contributed by atoms with van der Waals surface area (Å²) in [5, 5.41) is 9.14. The third-order valence-electron chi connectivity index (χ3n) is 2.26. The van der Waals surface area contributed by atoms with Gasteiger partial charge in [-0.25, -0.2) is 4.98 Å². The summed E-state index contributed by atoms with van der Waals surface area (Å²) >= 11 is 5.89. The minimum absolute atomic E-state index is 0.124. The Balaban J connectivity index is 2.67. The van der Waals surface area contributed by atoms with Crippen molar-refractivity contribution in [1.29, 1.82) is 5.26 Å². The molecule has 0 radical (unpaired) electrons. The van der Waals surface area contributed by atoms with Crippen LogP contribution >= 0.6 is 11.6 Å². The Morgan fingerprint density at radius 3 is 2.94 bits per heavy atom. The normalized spacial score (nSPS) is 10.2. The molecular weight excluding hydrogens is 226 g/mol. The summed E-state index contributed by atoms with van der Waals surface area (Å²) in [6, 6.07) is 8.97. The summed E-state index contributed by atoms with van der Waals surface area (Å²) in [5.74, 6) is 0. The third-order valence-corrected chi connectivity index (χ3v) is 2.55. The number of rotatable bonds is 2. The zero-order valence-electron chi connectivity index (χ0n) is 8.35. The van der Waals surface area contributed by atoms with Gasteiger partial charge >= 0.3 is 0 Å². The van der Waals surface area contributed by atoms with E-state index in [2.05, 4.69) is 4.98 Å². The average molecular weight is 234 g/mol. The van der Waals surface area contributed by atoms with Gasteiger partial charge in [-0.15, -0.1) is 0 Å². The van der Waals surface area contributed by atoms with Crippen LogP contribution in [0.3, 0.4) is 0 Å².